The summed E-state index contributed by atoms with van der Waals surface area (Å²) in [6.45, 7) is 12.2. The molecule has 1 amide bonds. The zero-order valence-corrected chi connectivity index (χ0v) is 18.2. The first-order valence-electron chi connectivity index (χ1n) is 9.71. The molecule has 0 saturated carbocycles. The van der Waals surface area contributed by atoms with Crippen LogP contribution in [-0.4, -0.2) is 23.4 Å². The number of aryl methyl sites for hydroxylation is 2. The van der Waals surface area contributed by atoms with E-state index in [1.807, 2.05) is 58.9 Å². The molecule has 0 saturated heterocycles. The molecular weight excluding hydrogens is 370 g/mol. The Morgan fingerprint density at radius 3 is 2.68 bits per heavy atom. The number of thiazole rings is 1. The number of aliphatic imine (C=N–C) groups is 1. The van der Waals surface area contributed by atoms with Gasteiger partial charge in [0.05, 0.1) is 23.8 Å². The van der Waals surface area contributed by atoms with E-state index in [9.17, 15) is 4.79 Å². The topological polar surface area (TPSA) is 78.4 Å². The second-order valence-electron chi connectivity index (χ2n) is 7.14. The standard InChI is InChI=1S/C21H31N5OS/c1-6-22-21(24-13-19-15(4)25-16(5)28-19)23-12-17-8-7-9-18(11-17)26-20(27)10-14(2)3/h7-9,11,14H,6,10,12-13H2,1-5H3,(H,26,27)(H2,22,23,24). The summed E-state index contributed by atoms with van der Waals surface area (Å²) in [4.78, 5) is 22.3. The number of hydrogen-bond donors (Lipinski definition) is 3. The van der Waals surface area contributed by atoms with Crippen molar-refractivity contribution in [1.29, 1.82) is 0 Å². The molecular formula is C21H31N5OS. The van der Waals surface area contributed by atoms with Crippen molar-refractivity contribution in [3.05, 3.63) is 45.4 Å². The lowest BCUT2D eigenvalue weighted by atomic mass is 10.1. The summed E-state index contributed by atoms with van der Waals surface area (Å²) in [7, 11) is 0. The quantitative estimate of drug-likeness (QED) is 0.461. The summed E-state index contributed by atoms with van der Waals surface area (Å²) in [5.41, 5.74) is 2.92. The summed E-state index contributed by atoms with van der Waals surface area (Å²) in [6, 6.07) is 7.84. The molecule has 6 nitrogen and oxygen atoms in total. The zero-order valence-electron chi connectivity index (χ0n) is 17.4. The number of carbonyl (C=O) groups is 1. The Bertz CT molecular complexity index is 813. The fourth-order valence-electron chi connectivity index (χ4n) is 2.74. The molecule has 0 aliphatic heterocycles. The summed E-state index contributed by atoms with van der Waals surface area (Å²) in [5.74, 6) is 1.15. The summed E-state index contributed by atoms with van der Waals surface area (Å²) >= 11 is 1.70. The minimum atomic E-state index is 0.0425. The molecule has 3 N–H and O–H groups in total. The highest BCUT2D eigenvalue weighted by molar-refractivity contribution is 7.11. The van der Waals surface area contributed by atoms with Crippen LogP contribution in [0, 0.1) is 19.8 Å². The first-order chi connectivity index (χ1) is 13.4. The highest BCUT2D eigenvalue weighted by Crippen LogP contribution is 2.16. The molecule has 1 aromatic heterocycles. The van der Waals surface area contributed by atoms with Crippen LogP contribution in [0.2, 0.25) is 0 Å². The van der Waals surface area contributed by atoms with Crippen molar-refractivity contribution < 1.29 is 4.79 Å². The Morgan fingerprint density at radius 1 is 1.25 bits per heavy atom. The van der Waals surface area contributed by atoms with E-state index >= 15 is 0 Å². The molecule has 152 valence electrons. The molecule has 0 aliphatic rings. The first-order valence-corrected chi connectivity index (χ1v) is 10.5. The lowest BCUT2D eigenvalue weighted by Crippen LogP contribution is -2.36. The third-order valence-electron chi connectivity index (χ3n) is 3.98. The van der Waals surface area contributed by atoms with Crippen LogP contribution >= 0.6 is 11.3 Å². The predicted molar refractivity (Wildman–Crippen MR) is 118 cm³/mol. The molecule has 7 heteroatoms. The molecule has 0 spiro atoms. The smallest absolute Gasteiger partial charge is 0.224 e. The third kappa shape index (κ3) is 7.31. The first kappa shape index (κ1) is 21.9. The van der Waals surface area contributed by atoms with Gasteiger partial charge in [-0.15, -0.1) is 11.3 Å². The van der Waals surface area contributed by atoms with Crippen LogP contribution < -0.4 is 16.0 Å². The van der Waals surface area contributed by atoms with E-state index in [1.165, 1.54) is 4.88 Å². The Balaban J connectivity index is 1.98. The van der Waals surface area contributed by atoms with Gasteiger partial charge >= 0.3 is 0 Å². The molecule has 2 rings (SSSR count). The van der Waals surface area contributed by atoms with Gasteiger partial charge in [0.2, 0.25) is 5.91 Å². The molecule has 0 radical (unpaired) electrons. The maximum Gasteiger partial charge on any atom is 0.224 e. The van der Waals surface area contributed by atoms with Crippen LogP contribution in [0.15, 0.2) is 29.3 Å². The van der Waals surface area contributed by atoms with Gasteiger partial charge in [0.25, 0.3) is 0 Å². The molecule has 0 bridgehead atoms. The molecule has 0 aliphatic carbocycles. The Labute approximate surface area is 171 Å². The Morgan fingerprint density at radius 2 is 2.04 bits per heavy atom. The van der Waals surface area contributed by atoms with Crippen LogP contribution in [0.25, 0.3) is 0 Å². The number of anilines is 1. The number of carbonyl (C=O) groups excluding carboxylic acids is 1. The number of rotatable bonds is 8. The number of amides is 1. The highest BCUT2D eigenvalue weighted by atomic mass is 32.1. The second-order valence-corrected chi connectivity index (χ2v) is 8.42. The van der Waals surface area contributed by atoms with E-state index in [-0.39, 0.29) is 5.91 Å². The average Bonchev–Trinajstić information content (AvgIpc) is 2.94. The van der Waals surface area contributed by atoms with Gasteiger partial charge in [-0.2, -0.15) is 0 Å². The van der Waals surface area contributed by atoms with E-state index in [0.29, 0.717) is 25.4 Å². The van der Waals surface area contributed by atoms with Gasteiger partial charge in [-0.05, 0) is 44.4 Å². The SMILES string of the molecule is CCNC(=NCc1cccc(NC(=O)CC(C)C)c1)NCc1sc(C)nc1C. The minimum Gasteiger partial charge on any atom is -0.357 e. The van der Waals surface area contributed by atoms with Crippen molar-refractivity contribution in [2.75, 3.05) is 11.9 Å². The third-order valence-corrected chi connectivity index (χ3v) is 5.06. The van der Waals surface area contributed by atoms with E-state index in [4.69, 9.17) is 0 Å². The molecule has 1 heterocycles. The Hall–Kier alpha value is -2.41. The number of benzene rings is 1. The van der Waals surface area contributed by atoms with Crippen LogP contribution in [0.3, 0.4) is 0 Å². The summed E-state index contributed by atoms with van der Waals surface area (Å²) < 4.78 is 0. The van der Waals surface area contributed by atoms with Crippen molar-refractivity contribution in [2.45, 2.75) is 54.1 Å². The maximum atomic E-state index is 12.0. The lowest BCUT2D eigenvalue weighted by molar-refractivity contribution is -0.116. The fourth-order valence-corrected chi connectivity index (χ4v) is 3.62. The van der Waals surface area contributed by atoms with Crippen molar-refractivity contribution in [3.63, 3.8) is 0 Å². The molecule has 2 aromatic rings. The lowest BCUT2D eigenvalue weighted by Gasteiger charge is -2.11. The molecule has 0 fully saturated rings. The largest absolute Gasteiger partial charge is 0.357 e. The summed E-state index contributed by atoms with van der Waals surface area (Å²) in [6.07, 6.45) is 0.521. The van der Waals surface area contributed by atoms with Crippen LogP contribution in [0.5, 0.6) is 0 Å². The summed E-state index contributed by atoms with van der Waals surface area (Å²) in [5, 5.41) is 10.7. The van der Waals surface area contributed by atoms with Gasteiger partial charge in [-0.25, -0.2) is 9.98 Å². The average molecular weight is 402 g/mol. The number of nitrogens with zero attached hydrogens (tertiary/aromatic N) is 2. The zero-order chi connectivity index (χ0) is 20.5. The van der Waals surface area contributed by atoms with Gasteiger partial charge in [0.1, 0.15) is 0 Å². The van der Waals surface area contributed by atoms with Crippen LogP contribution in [0.4, 0.5) is 5.69 Å². The Kier molecular flexibility index (Phi) is 8.44. The van der Waals surface area contributed by atoms with Gasteiger partial charge in [-0.3, -0.25) is 4.79 Å². The van der Waals surface area contributed by atoms with Crippen molar-refractivity contribution in [2.24, 2.45) is 10.9 Å². The molecule has 1 aromatic carbocycles. The van der Waals surface area contributed by atoms with Crippen LogP contribution in [-0.2, 0) is 17.9 Å². The molecule has 0 atom stereocenters. The monoisotopic (exact) mass is 401 g/mol. The number of guanidine groups is 1. The number of hydrogen-bond acceptors (Lipinski definition) is 4. The minimum absolute atomic E-state index is 0.0425. The van der Waals surface area contributed by atoms with Gasteiger partial charge in [0.15, 0.2) is 5.96 Å². The number of aromatic nitrogens is 1. The van der Waals surface area contributed by atoms with Gasteiger partial charge < -0.3 is 16.0 Å². The van der Waals surface area contributed by atoms with E-state index in [2.05, 4.69) is 25.9 Å². The van der Waals surface area contributed by atoms with Gasteiger partial charge in [-0.1, -0.05) is 26.0 Å². The van der Waals surface area contributed by atoms with Crippen LogP contribution in [0.1, 0.15) is 48.3 Å². The second kappa shape index (κ2) is 10.8. The van der Waals surface area contributed by atoms with Crippen molar-refractivity contribution in [1.82, 2.24) is 15.6 Å². The van der Waals surface area contributed by atoms with E-state index in [0.717, 1.165) is 34.5 Å². The highest BCUT2D eigenvalue weighted by Gasteiger charge is 2.07. The van der Waals surface area contributed by atoms with Gasteiger partial charge in [0, 0.05) is 23.5 Å². The predicted octanol–water partition coefficient (Wildman–Crippen LogP) is 4.00. The normalized spacial score (nSPS) is 11.6. The van der Waals surface area contributed by atoms with Crippen molar-refractivity contribution in [3.8, 4) is 0 Å². The van der Waals surface area contributed by atoms with Crippen molar-refractivity contribution >= 4 is 28.9 Å². The number of nitrogens with one attached hydrogen (secondary N) is 3. The fraction of sp³-hybridized carbons (Fsp3) is 0.476. The molecule has 28 heavy (non-hydrogen) atoms. The molecule has 0 unspecified atom stereocenters. The maximum absolute atomic E-state index is 12.0. The van der Waals surface area contributed by atoms with E-state index < -0.39 is 0 Å². The van der Waals surface area contributed by atoms with E-state index in [1.54, 1.807) is 11.3 Å².